The zero-order valence-corrected chi connectivity index (χ0v) is 14.7. The normalized spacial score (nSPS) is 18.0. The van der Waals surface area contributed by atoms with Gasteiger partial charge in [0.1, 0.15) is 17.5 Å². The first kappa shape index (κ1) is 16.8. The highest BCUT2D eigenvalue weighted by atomic mass is 35.5. The molecular weight excluding hydrogens is 326 g/mol. The summed E-state index contributed by atoms with van der Waals surface area (Å²) in [6.07, 6.45) is 5.29. The van der Waals surface area contributed by atoms with Crippen LogP contribution in [0.3, 0.4) is 0 Å². The Morgan fingerprint density at radius 1 is 1.38 bits per heavy atom. The van der Waals surface area contributed by atoms with Crippen molar-refractivity contribution < 1.29 is 9.53 Å². The summed E-state index contributed by atoms with van der Waals surface area (Å²) in [7, 11) is 0. The van der Waals surface area contributed by atoms with Crippen molar-refractivity contribution in [1.29, 1.82) is 0 Å². The van der Waals surface area contributed by atoms with Crippen LogP contribution < -0.4 is 4.74 Å². The maximum Gasteiger partial charge on any atom is 0.274 e. The number of hydrogen-bond donors (Lipinski definition) is 0. The predicted molar refractivity (Wildman–Crippen MR) is 93.6 cm³/mol. The number of imidazole rings is 1. The molecule has 1 atom stereocenters. The van der Waals surface area contributed by atoms with Gasteiger partial charge in [0.25, 0.3) is 5.91 Å². The van der Waals surface area contributed by atoms with Crippen LogP contribution in [0.2, 0.25) is 5.02 Å². The zero-order chi connectivity index (χ0) is 17.1. The van der Waals surface area contributed by atoms with Crippen LogP contribution in [-0.4, -0.2) is 39.6 Å². The minimum atomic E-state index is -0.0465. The number of hydrogen-bond acceptors (Lipinski definition) is 3. The first-order chi connectivity index (χ1) is 11.5. The van der Waals surface area contributed by atoms with Gasteiger partial charge >= 0.3 is 0 Å². The Hall–Kier alpha value is -2.01. The van der Waals surface area contributed by atoms with Crippen molar-refractivity contribution in [2.75, 3.05) is 13.1 Å². The van der Waals surface area contributed by atoms with Crippen LogP contribution in [0, 0.1) is 0 Å². The molecule has 5 nitrogen and oxygen atoms in total. The van der Waals surface area contributed by atoms with E-state index in [1.165, 1.54) is 0 Å². The number of piperidine rings is 1. The summed E-state index contributed by atoms with van der Waals surface area (Å²) in [6.45, 7) is 5.41. The van der Waals surface area contributed by atoms with E-state index < -0.39 is 0 Å². The fourth-order valence-electron chi connectivity index (χ4n) is 2.83. The minimum Gasteiger partial charge on any atom is -0.487 e. The molecule has 0 unspecified atom stereocenters. The SMILES string of the molecule is CC(C)n1cnc(C(=O)N2CCC[C@H](Oc3ccccc3Cl)C2)c1. The molecule has 0 spiro atoms. The molecule has 1 saturated heterocycles. The second kappa shape index (κ2) is 7.26. The topological polar surface area (TPSA) is 47.4 Å². The molecule has 0 N–H and O–H groups in total. The van der Waals surface area contributed by atoms with E-state index in [1.54, 1.807) is 12.4 Å². The van der Waals surface area contributed by atoms with E-state index >= 15 is 0 Å². The van der Waals surface area contributed by atoms with Crippen LogP contribution in [0.5, 0.6) is 5.75 Å². The Morgan fingerprint density at radius 3 is 2.88 bits per heavy atom. The zero-order valence-electron chi connectivity index (χ0n) is 14.0. The molecule has 2 heterocycles. The molecular formula is C18H22ClN3O2. The summed E-state index contributed by atoms with van der Waals surface area (Å²) in [5, 5.41) is 0.594. The molecule has 128 valence electrons. The van der Waals surface area contributed by atoms with Gasteiger partial charge in [-0.3, -0.25) is 4.79 Å². The van der Waals surface area contributed by atoms with Crippen molar-refractivity contribution in [3.63, 3.8) is 0 Å². The van der Waals surface area contributed by atoms with Crippen molar-refractivity contribution >= 4 is 17.5 Å². The molecule has 1 amide bonds. The van der Waals surface area contributed by atoms with Gasteiger partial charge in [0, 0.05) is 18.8 Å². The summed E-state index contributed by atoms with van der Waals surface area (Å²) in [4.78, 5) is 18.7. The van der Waals surface area contributed by atoms with E-state index in [4.69, 9.17) is 16.3 Å². The lowest BCUT2D eigenvalue weighted by molar-refractivity contribution is 0.0533. The number of para-hydroxylation sites is 1. The van der Waals surface area contributed by atoms with Crippen molar-refractivity contribution in [3.8, 4) is 5.75 Å². The van der Waals surface area contributed by atoms with Gasteiger partial charge in [-0.2, -0.15) is 0 Å². The predicted octanol–water partition coefficient (Wildman–Crippen LogP) is 3.80. The van der Waals surface area contributed by atoms with Gasteiger partial charge in [-0.1, -0.05) is 23.7 Å². The summed E-state index contributed by atoms with van der Waals surface area (Å²) in [6, 6.07) is 7.72. The molecule has 3 rings (SSSR count). The number of nitrogens with zero attached hydrogens (tertiary/aromatic N) is 3. The largest absolute Gasteiger partial charge is 0.487 e. The molecule has 1 aliphatic heterocycles. The summed E-state index contributed by atoms with van der Waals surface area (Å²) in [5.41, 5.74) is 0.488. The van der Waals surface area contributed by atoms with Crippen LogP contribution in [0.25, 0.3) is 0 Å². The number of aromatic nitrogens is 2. The Balaban J connectivity index is 1.66. The lowest BCUT2D eigenvalue weighted by atomic mass is 10.1. The maximum absolute atomic E-state index is 12.7. The first-order valence-corrected chi connectivity index (χ1v) is 8.66. The smallest absolute Gasteiger partial charge is 0.274 e. The van der Waals surface area contributed by atoms with Gasteiger partial charge in [0.15, 0.2) is 0 Å². The van der Waals surface area contributed by atoms with E-state index in [0.717, 1.165) is 19.4 Å². The molecule has 0 saturated carbocycles. The Bertz CT molecular complexity index is 714. The second-order valence-corrected chi connectivity index (χ2v) is 6.77. The first-order valence-electron chi connectivity index (χ1n) is 8.28. The molecule has 0 aliphatic carbocycles. The van der Waals surface area contributed by atoms with E-state index in [2.05, 4.69) is 18.8 Å². The van der Waals surface area contributed by atoms with Crippen LogP contribution in [-0.2, 0) is 0 Å². The van der Waals surface area contributed by atoms with Gasteiger partial charge in [0.05, 0.1) is 17.9 Å². The molecule has 1 aliphatic rings. The summed E-state index contributed by atoms with van der Waals surface area (Å²) in [5.74, 6) is 0.629. The standard InChI is InChI=1S/C18H22ClN3O2/c1-13(2)22-11-16(20-12-22)18(23)21-9-5-6-14(10-21)24-17-8-4-3-7-15(17)19/h3-4,7-8,11-14H,5-6,9-10H2,1-2H3/t14-/m0/s1. The molecule has 24 heavy (non-hydrogen) atoms. The number of carbonyl (C=O) groups is 1. The highest BCUT2D eigenvalue weighted by Crippen LogP contribution is 2.26. The third kappa shape index (κ3) is 3.73. The number of carbonyl (C=O) groups excluding carboxylic acids is 1. The fourth-order valence-corrected chi connectivity index (χ4v) is 3.01. The number of benzene rings is 1. The van der Waals surface area contributed by atoms with E-state index in [9.17, 15) is 4.79 Å². The second-order valence-electron chi connectivity index (χ2n) is 6.36. The molecule has 1 fully saturated rings. The lowest BCUT2D eigenvalue weighted by Gasteiger charge is -2.32. The monoisotopic (exact) mass is 347 g/mol. The van der Waals surface area contributed by atoms with E-state index in [0.29, 0.717) is 23.0 Å². The summed E-state index contributed by atoms with van der Waals surface area (Å²) < 4.78 is 7.93. The Kier molecular flexibility index (Phi) is 5.09. The number of halogens is 1. The van der Waals surface area contributed by atoms with Gasteiger partial charge in [0.2, 0.25) is 0 Å². The van der Waals surface area contributed by atoms with Crippen LogP contribution >= 0.6 is 11.6 Å². The van der Waals surface area contributed by atoms with Crippen LogP contribution in [0.15, 0.2) is 36.8 Å². The highest BCUT2D eigenvalue weighted by Gasteiger charge is 2.27. The molecule has 2 aromatic rings. The van der Waals surface area contributed by atoms with Crippen LogP contribution in [0.1, 0.15) is 43.2 Å². The van der Waals surface area contributed by atoms with Gasteiger partial charge in [-0.25, -0.2) is 4.98 Å². The average molecular weight is 348 g/mol. The quantitative estimate of drug-likeness (QED) is 0.845. The highest BCUT2D eigenvalue weighted by molar-refractivity contribution is 6.32. The van der Waals surface area contributed by atoms with Crippen molar-refractivity contribution in [3.05, 3.63) is 47.5 Å². The molecule has 0 bridgehead atoms. The molecule has 0 radical (unpaired) electrons. The molecule has 6 heteroatoms. The number of amides is 1. The number of ether oxygens (including phenoxy) is 1. The minimum absolute atomic E-state index is 0.0399. The van der Waals surface area contributed by atoms with Crippen molar-refractivity contribution in [1.82, 2.24) is 14.5 Å². The maximum atomic E-state index is 12.7. The Morgan fingerprint density at radius 2 is 2.17 bits per heavy atom. The lowest BCUT2D eigenvalue weighted by Crippen LogP contribution is -2.44. The average Bonchev–Trinajstić information content (AvgIpc) is 3.07. The molecule has 1 aromatic heterocycles. The number of likely N-dealkylation sites (tertiary alicyclic amines) is 1. The van der Waals surface area contributed by atoms with Crippen molar-refractivity contribution in [2.24, 2.45) is 0 Å². The van der Waals surface area contributed by atoms with Gasteiger partial charge < -0.3 is 14.2 Å². The molecule has 1 aromatic carbocycles. The van der Waals surface area contributed by atoms with Gasteiger partial charge in [-0.15, -0.1) is 0 Å². The fraction of sp³-hybridized carbons (Fsp3) is 0.444. The Labute approximate surface area is 147 Å². The van der Waals surface area contributed by atoms with Crippen LogP contribution in [0.4, 0.5) is 0 Å². The third-order valence-electron chi connectivity index (χ3n) is 4.21. The third-order valence-corrected chi connectivity index (χ3v) is 4.52. The van der Waals surface area contributed by atoms with E-state index in [-0.39, 0.29) is 18.1 Å². The van der Waals surface area contributed by atoms with Gasteiger partial charge in [-0.05, 0) is 38.8 Å². The van der Waals surface area contributed by atoms with Crippen molar-refractivity contribution in [2.45, 2.75) is 38.8 Å². The summed E-state index contributed by atoms with van der Waals surface area (Å²) >= 11 is 6.15. The number of rotatable bonds is 4. The van der Waals surface area contributed by atoms with E-state index in [1.807, 2.05) is 33.9 Å².